The van der Waals surface area contributed by atoms with Crippen LogP contribution in [0.2, 0.25) is 0 Å². The van der Waals surface area contributed by atoms with Crippen molar-refractivity contribution in [3.05, 3.63) is 0 Å². The van der Waals surface area contributed by atoms with Crippen LogP contribution in [-0.4, -0.2) is 35.1 Å². The zero-order chi connectivity index (χ0) is 13.9. The molecule has 3 nitrogen and oxygen atoms in total. The van der Waals surface area contributed by atoms with Gasteiger partial charge < -0.3 is 10.0 Å². The minimum Gasteiger partial charge on any atom is -0.481 e. The van der Waals surface area contributed by atoms with E-state index >= 15 is 0 Å². The molecule has 0 radical (unpaired) electrons. The number of piperidine rings is 1. The predicted octanol–water partition coefficient (Wildman–Crippen LogP) is 3.53. The van der Waals surface area contributed by atoms with Gasteiger partial charge in [0.25, 0.3) is 0 Å². The summed E-state index contributed by atoms with van der Waals surface area (Å²) in [7, 11) is 0. The van der Waals surface area contributed by atoms with Gasteiger partial charge in [-0.25, -0.2) is 0 Å². The fourth-order valence-corrected chi connectivity index (χ4v) is 3.99. The summed E-state index contributed by atoms with van der Waals surface area (Å²) in [5.41, 5.74) is -0.442. The van der Waals surface area contributed by atoms with Gasteiger partial charge in [-0.05, 0) is 58.0 Å². The van der Waals surface area contributed by atoms with Crippen molar-refractivity contribution in [2.75, 3.05) is 13.1 Å². The van der Waals surface area contributed by atoms with Crippen molar-refractivity contribution in [2.24, 2.45) is 11.3 Å². The fraction of sp³-hybridized carbons (Fsp3) is 0.938. The summed E-state index contributed by atoms with van der Waals surface area (Å²) in [6, 6.07) is 0.643. The first-order valence-electron chi connectivity index (χ1n) is 8.06. The van der Waals surface area contributed by atoms with E-state index in [9.17, 15) is 9.90 Å². The molecule has 1 heterocycles. The van der Waals surface area contributed by atoms with Crippen molar-refractivity contribution in [3.63, 3.8) is 0 Å². The number of rotatable bonds is 4. The highest BCUT2D eigenvalue weighted by atomic mass is 16.4. The normalized spacial score (nSPS) is 27.1. The molecule has 19 heavy (non-hydrogen) atoms. The van der Waals surface area contributed by atoms with Crippen molar-refractivity contribution in [1.29, 1.82) is 0 Å². The van der Waals surface area contributed by atoms with Gasteiger partial charge in [0.2, 0.25) is 0 Å². The number of aliphatic carboxylic acids is 1. The zero-order valence-corrected chi connectivity index (χ0v) is 12.5. The third-order valence-electron chi connectivity index (χ3n) is 5.79. The van der Waals surface area contributed by atoms with E-state index in [1.54, 1.807) is 0 Å². The van der Waals surface area contributed by atoms with E-state index in [-0.39, 0.29) is 0 Å². The lowest BCUT2D eigenvalue weighted by Crippen LogP contribution is -2.49. The number of nitrogens with zero attached hydrogens (tertiary/aromatic N) is 1. The van der Waals surface area contributed by atoms with E-state index in [2.05, 4.69) is 11.8 Å². The van der Waals surface area contributed by atoms with Crippen LogP contribution in [0, 0.1) is 11.3 Å². The van der Waals surface area contributed by atoms with Gasteiger partial charge >= 0.3 is 5.97 Å². The van der Waals surface area contributed by atoms with Crippen LogP contribution in [0.3, 0.4) is 0 Å². The average molecular weight is 267 g/mol. The topological polar surface area (TPSA) is 40.5 Å². The molecule has 2 fully saturated rings. The first-order chi connectivity index (χ1) is 9.09. The van der Waals surface area contributed by atoms with E-state index < -0.39 is 11.4 Å². The largest absolute Gasteiger partial charge is 0.481 e. The quantitative estimate of drug-likeness (QED) is 0.847. The van der Waals surface area contributed by atoms with Crippen molar-refractivity contribution < 1.29 is 9.90 Å². The molecule has 0 aromatic rings. The Balaban J connectivity index is 1.90. The van der Waals surface area contributed by atoms with Crippen LogP contribution >= 0.6 is 0 Å². The molecule has 0 bridgehead atoms. The molecule has 0 aromatic carbocycles. The molecule has 1 N–H and O–H groups in total. The van der Waals surface area contributed by atoms with Gasteiger partial charge in [-0.2, -0.15) is 0 Å². The summed E-state index contributed by atoms with van der Waals surface area (Å²) in [5.74, 6) is 0.257. The van der Waals surface area contributed by atoms with E-state index in [1.165, 1.54) is 32.1 Å². The Hall–Kier alpha value is -0.570. The molecule has 3 heteroatoms. The van der Waals surface area contributed by atoms with Crippen LogP contribution in [0.4, 0.5) is 0 Å². The minimum atomic E-state index is -0.583. The highest BCUT2D eigenvalue weighted by Gasteiger charge is 2.41. The van der Waals surface area contributed by atoms with Crippen LogP contribution in [-0.2, 0) is 4.79 Å². The summed E-state index contributed by atoms with van der Waals surface area (Å²) in [6.07, 6.45) is 9.35. The Labute approximate surface area is 117 Å². The first kappa shape index (κ1) is 14.8. The minimum absolute atomic E-state index is 0.442. The maximum atomic E-state index is 11.5. The Morgan fingerprint density at radius 2 is 1.84 bits per heavy atom. The van der Waals surface area contributed by atoms with Gasteiger partial charge in [0.1, 0.15) is 0 Å². The highest BCUT2D eigenvalue weighted by Crippen LogP contribution is 2.37. The Morgan fingerprint density at radius 3 is 2.32 bits per heavy atom. The van der Waals surface area contributed by atoms with Gasteiger partial charge in [-0.1, -0.05) is 26.2 Å². The van der Waals surface area contributed by atoms with Gasteiger partial charge in [0, 0.05) is 6.04 Å². The second-order valence-corrected chi connectivity index (χ2v) is 6.61. The molecule has 1 unspecified atom stereocenters. The van der Waals surface area contributed by atoms with Crippen molar-refractivity contribution >= 4 is 5.97 Å². The Bertz CT molecular complexity index is 302. The molecule has 1 saturated carbocycles. The third-order valence-corrected chi connectivity index (χ3v) is 5.79. The molecule has 2 aliphatic rings. The number of hydrogen-bond donors (Lipinski definition) is 1. The number of carboxylic acids is 1. The molecule has 110 valence electrons. The van der Waals surface area contributed by atoms with E-state index in [4.69, 9.17) is 0 Å². The van der Waals surface area contributed by atoms with Crippen LogP contribution in [0.1, 0.15) is 65.2 Å². The fourth-order valence-electron chi connectivity index (χ4n) is 3.99. The Kier molecular flexibility index (Phi) is 4.88. The lowest BCUT2D eigenvalue weighted by Gasteiger charge is -2.43. The third kappa shape index (κ3) is 3.13. The maximum Gasteiger partial charge on any atom is 0.309 e. The molecular formula is C16H29NO2. The summed E-state index contributed by atoms with van der Waals surface area (Å²) in [4.78, 5) is 14.0. The average Bonchev–Trinajstić information content (AvgIpc) is 2.47. The number of carbonyl (C=O) groups is 1. The van der Waals surface area contributed by atoms with Crippen LogP contribution < -0.4 is 0 Å². The number of hydrogen-bond acceptors (Lipinski definition) is 2. The van der Waals surface area contributed by atoms with Gasteiger partial charge in [0.15, 0.2) is 0 Å². The second kappa shape index (κ2) is 6.25. The smallest absolute Gasteiger partial charge is 0.309 e. The number of likely N-dealkylation sites (tertiary alicyclic amines) is 1. The lowest BCUT2D eigenvalue weighted by molar-refractivity contribution is -0.152. The predicted molar refractivity (Wildman–Crippen MR) is 77.2 cm³/mol. The van der Waals surface area contributed by atoms with Gasteiger partial charge in [0.05, 0.1) is 5.41 Å². The summed E-state index contributed by atoms with van der Waals surface area (Å²) in [5, 5.41) is 9.44. The molecule has 1 aliphatic heterocycles. The SMILES string of the molecule is CCC1(C(=O)O)CCN(C(C)C2CCCCC2)CC1. The molecule has 1 aliphatic carbocycles. The molecule has 0 amide bonds. The van der Waals surface area contributed by atoms with Crippen LogP contribution in [0.25, 0.3) is 0 Å². The zero-order valence-electron chi connectivity index (χ0n) is 12.5. The molecule has 2 rings (SSSR count). The summed E-state index contributed by atoms with van der Waals surface area (Å²) >= 11 is 0. The van der Waals surface area contributed by atoms with Crippen molar-refractivity contribution in [2.45, 2.75) is 71.3 Å². The maximum absolute atomic E-state index is 11.5. The van der Waals surface area contributed by atoms with Gasteiger partial charge in [-0.15, -0.1) is 0 Å². The summed E-state index contributed by atoms with van der Waals surface area (Å²) in [6.45, 7) is 6.32. The van der Waals surface area contributed by atoms with Gasteiger partial charge in [-0.3, -0.25) is 4.79 Å². The van der Waals surface area contributed by atoms with Crippen molar-refractivity contribution in [3.8, 4) is 0 Å². The van der Waals surface area contributed by atoms with E-state index in [1.807, 2.05) is 6.92 Å². The monoisotopic (exact) mass is 267 g/mol. The van der Waals surface area contributed by atoms with Crippen LogP contribution in [0.15, 0.2) is 0 Å². The standard InChI is InChI=1S/C16H29NO2/c1-3-16(15(18)19)9-11-17(12-10-16)13(2)14-7-5-4-6-8-14/h13-14H,3-12H2,1-2H3,(H,18,19). The molecule has 0 spiro atoms. The van der Waals surface area contributed by atoms with Crippen molar-refractivity contribution in [1.82, 2.24) is 4.90 Å². The first-order valence-corrected chi connectivity index (χ1v) is 8.06. The second-order valence-electron chi connectivity index (χ2n) is 6.61. The summed E-state index contributed by atoms with van der Waals surface area (Å²) < 4.78 is 0. The molecule has 1 saturated heterocycles. The van der Waals surface area contributed by atoms with E-state index in [0.717, 1.165) is 38.3 Å². The lowest BCUT2D eigenvalue weighted by atomic mass is 9.75. The molecule has 1 atom stereocenters. The number of carboxylic acid groups (broad SMARTS) is 1. The highest BCUT2D eigenvalue weighted by molar-refractivity contribution is 5.74. The van der Waals surface area contributed by atoms with Crippen LogP contribution in [0.5, 0.6) is 0 Å². The van der Waals surface area contributed by atoms with E-state index in [0.29, 0.717) is 6.04 Å². The molecule has 0 aromatic heterocycles. The molecular weight excluding hydrogens is 238 g/mol. The Morgan fingerprint density at radius 1 is 1.26 bits per heavy atom.